The first-order valence-electron chi connectivity index (χ1n) is 5.07. The summed E-state index contributed by atoms with van der Waals surface area (Å²) in [4.78, 5) is 12.0. The highest BCUT2D eigenvalue weighted by molar-refractivity contribution is 5.80. The summed E-state index contributed by atoms with van der Waals surface area (Å²) in [6.07, 6.45) is -3.14. The van der Waals surface area contributed by atoms with Gasteiger partial charge in [-0.3, -0.25) is 10.1 Å². The van der Waals surface area contributed by atoms with Crippen LogP contribution < -0.4 is 5.32 Å². The summed E-state index contributed by atoms with van der Waals surface area (Å²) >= 11 is 0. The number of alkyl halides is 4. The van der Waals surface area contributed by atoms with Crippen molar-refractivity contribution in [3.05, 3.63) is 0 Å². The Kier molecular flexibility index (Phi) is 4.12. The molecule has 0 aliphatic carbocycles. The molecule has 0 radical (unpaired) electrons. The van der Waals surface area contributed by atoms with Crippen LogP contribution in [0.25, 0.3) is 0 Å². The Bertz CT molecular complexity index is 260. The van der Waals surface area contributed by atoms with Gasteiger partial charge in [0, 0.05) is 0 Å². The Labute approximate surface area is 90.8 Å². The van der Waals surface area contributed by atoms with Crippen LogP contribution in [0.4, 0.5) is 17.6 Å². The third kappa shape index (κ3) is 2.84. The standard InChI is InChI=1S/C9H14F4N2O/c1-2-3-6-14-4-7(16)15(6)5-9(12,13)8(10)11/h6,8,14H,2-5H2,1H3. The van der Waals surface area contributed by atoms with Crippen molar-refractivity contribution < 1.29 is 22.4 Å². The predicted octanol–water partition coefficient (Wildman–Crippen LogP) is 1.44. The Morgan fingerprint density at radius 3 is 2.69 bits per heavy atom. The minimum Gasteiger partial charge on any atom is -0.320 e. The van der Waals surface area contributed by atoms with Crippen LogP contribution in [-0.4, -0.2) is 42.4 Å². The van der Waals surface area contributed by atoms with Gasteiger partial charge in [-0.05, 0) is 6.42 Å². The van der Waals surface area contributed by atoms with E-state index in [-0.39, 0.29) is 6.54 Å². The zero-order chi connectivity index (χ0) is 12.3. The molecule has 0 saturated carbocycles. The number of hydrogen-bond acceptors (Lipinski definition) is 2. The highest BCUT2D eigenvalue weighted by atomic mass is 19.3. The van der Waals surface area contributed by atoms with Crippen molar-refractivity contribution in [3.63, 3.8) is 0 Å². The first-order valence-corrected chi connectivity index (χ1v) is 5.07. The van der Waals surface area contributed by atoms with Gasteiger partial charge in [0.05, 0.1) is 19.3 Å². The molecule has 7 heteroatoms. The second-order valence-corrected chi connectivity index (χ2v) is 3.77. The predicted molar refractivity (Wildman–Crippen MR) is 49.4 cm³/mol. The second kappa shape index (κ2) is 4.99. The van der Waals surface area contributed by atoms with E-state index in [1.54, 1.807) is 0 Å². The zero-order valence-electron chi connectivity index (χ0n) is 8.85. The number of carbonyl (C=O) groups is 1. The van der Waals surface area contributed by atoms with Gasteiger partial charge < -0.3 is 4.90 Å². The molecule has 1 rings (SSSR count). The SMILES string of the molecule is CCCC1NCC(=O)N1CC(F)(F)C(F)F. The smallest absolute Gasteiger partial charge is 0.320 e. The summed E-state index contributed by atoms with van der Waals surface area (Å²) < 4.78 is 49.6. The number of nitrogens with zero attached hydrogens (tertiary/aromatic N) is 1. The summed E-state index contributed by atoms with van der Waals surface area (Å²) in [5.41, 5.74) is 0. The maximum atomic E-state index is 12.8. The van der Waals surface area contributed by atoms with Gasteiger partial charge in [0.25, 0.3) is 0 Å². The van der Waals surface area contributed by atoms with Crippen molar-refractivity contribution in [2.75, 3.05) is 13.1 Å². The number of halogens is 4. The van der Waals surface area contributed by atoms with Crippen LogP contribution in [0.1, 0.15) is 19.8 Å². The number of nitrogens with one attached hydrogen (secondary N) is 1. The number of carbonyl (C=O) groups excluding carboxylic acids is 1. The molecule has 1 fully saturated rings. The molecule has 0 spiro atoms. The van der Waals surface area contributed by atoms with Gasteiger partial charge >= 0.3 is 12.3 Å². The van der Waals surface area contributed by atoms with Crippen LogP contribution >= 0.6 is 0 Å². The molecule has 0 aromatic rings. The van der Waals surface area contributed by atoms with Gasteiger partial charge in [0.2, 0.25) is 5.91 Å². The van der Waals surface area contributed by atoms with Crippen molar-refractivity contribution in [1.82, 2.24) is 10.2 Å². The molecule has 3 nitrogen and oxygen atoms in total. The fourth-order valence-electron chi connectivity index (χ4n) is 1.62. The molecule has 1 atom stereocenters. The van der Waals surface area contributed by atoms with Crippen LogP contribution in [0.3, 0.4) is 0 Å². The van der Waals surface area contributed by atoms with Gasteiger partial charge in [0.1, 0.15) is 0 Å². The first-order chi connectivity index (χ1) is 7.38. The highest BCUT2D eigenvalue weighted by Crippen LogP contribution is 2.26. The molecule has 94 valence electrons. The molecule has 1 N–H and O–H groups in total. The minimum atomic E-state index is -4.15. The van der Waals surface area contributed by atoms with Crippen molar-refractivity contribution in [2.45, 2.75) is 38.3 Å². The van der Waals surface area contributed by atoms with Gasteiger partial charge in [-0.2, -0.15) is 8.78 Å². The number of amides is 1. The van der Waals surface area contributed by atoms with E-state index in [4.69, 9.17) is 0 Å². The van der Waals surface area contributed by atoms with Crippen LogP contribution in [0, 0.1) is 0 Å². The van der Waals surface area contributed by atoms with E-state index in [2.05, 4.69) is 5.32 Å². The van der Waals surface area contributed by atoms with Crippen LogP contribution in [0.15, 0.2) is 0 Å². The Morgan fingerprint density at radius 1 is 1.56 bits per heavy atom. The third-order valence-electron chi connectivity index (χ3n) is 2.45. The van der Waals surface area contributed by atoms with Crippen LogP contribution in [-0.2, 0) is 4.79 Å². The largest absolute Gasteiger partial charge is 0.324 e. The van der Waals surface area contributed by atoms with Crippen LogP contribution in [0.2, 0.25) is 0 Å². The Balaban J connectivity index is 2.66. The molecule has 1 amide bonds. The van der Waals surface area contributed by atoms with Gasteiger partial charge in [-0.1, -0.05) is 13.3 Å². The van der Waals surface area contributed by atoms with E-state index >= 15 is 0 Å². The van der Waals surface area contributed by atoms with E-state index in [1.807, 2.05) is 6.92 Å². The first kappa shape index (κ1) is 13.2. The molecule has 0 bridgehead atoms. The monoisotopic (exact) mass is 242 g/mol. The molecular weight excluding hydrogens is 228 g/mol. The fraction of sp³-hybridized carbons (Fsp3) is 0.889. The van der Waals surface area contributed by atoms with E-state index < -0.39 is 31.0 Å². The van der Waals surface area contributed by atoms with Gasteiger partial charge in [-0.25, -0.2) is 8.78 Å². The molecule has 1 saturated heterocycles. The molecule has 1 unspecified atom stereocenters. The maximum absolute atomic E-state index is 12.8. The molecule has 1 aliphatic heterocycles. The quantitative estimate of drug-likeness (QED) is 0.740. The minimum absolute atomic E-state index is 0.0655. The summed E-state index contributed by atoms with van der Waals surface area (Å²) in [6, 6.07) is 0. The highest BCUT2D eigenvalue weighted by Gasteiger charge is 2.46. The Hall–Kier alpha value is -0.850. The van der Waals surface area contributed by atoms with Gasteiger partial charge in [-0.15, -0.1) is 0 Å². The average molecular weight is 242 g/mol. The lowest BCUT2D eigenvalue weighted by Crippen LogP contribution is -2.47. The second-order valence-electron chi connectivity index (χ2n) is 3.77. The van der Waals surface area contributed by atoms with Gasteiger partial charge in [0.15, 0.2) is 0 Å². The van der Waals surface area contributed by atoms with Crippen molar-refractivity contribution >= 4 is 5.91 Å². The number of hydrogen-bond donors (Lipinski definition) is 1. The summed E-state index contributed by atoms with van der Waals surface area (Å²) in [6.45, 7) is 0.541. The van der Waals surface area contributed by atoms with Crippen LogP contribution in [0.5, 0.6) is 0 Å². The molecule has 0 aromatic carbocycles. The molecule has 0 aromatic heterocycles. The third-order valence-corrected chi connectivity index (χ3v) is 2.45. The van der Waals surface area contributed by atoms with Crippen molar-refractivity contribution in [3.8, 4) is 0 Å². The van der Waals surface area contributed by atoms with E-state index in [0.717, 1.165) is 4.90 Å². The molecule has 1 heterocycles. The zero-order valence-corrected chi connectivity index (χ0v) is 8.85. The average Bonchev–Trinajstić information content (AvgIpc) is 2.50. The fourth-order valence-corrected chi connectivity index (χ4v) is 1.62. The summed E-state index contributed by atoms with van der Waals surface area (Å²) in [5, 5.41) is 2.72. The lowest BCUT2D eigenvalue weighted by molar-refractivity contribution is -0.156. The molecule has 16 heavy (non-hydrogen) atoms. The lowest BCUT2D eigenvalue weighted by atomic mass is 10.2. The summed E-state index contributed by atoms with van der Waals surface area (Å²) in [5.74, 6) is -4.70. The van der Waals surface area contributed by atoms with E-state index in [0.29, 0.717) is 12.8 Å². The van der Waals surface area contributed by atoms with Crippen molar-refractivity contribution in [2.24, 2.45) is 0 Å². The Morgan fingerprint density at radius 2 is 2.19 bits per heavy atom. The molecular formula is C9H14F4N2O. The lowest BCUT2D eigenvalue weighted by Gasteiger charge is -2.27. The normalized spacial score (nSPS) is 22.2. The topological polar surface area (TPSA) is 32.3 Å². The van der Waals surface area contributed by atoms with E-state index in [9.17, 15) is 22.4 Å². The van der Waals surface area contributed by atoms with E-state index in [1.165, 1.54) is 0 Å². The maximum Gasteiger partial charge on any atom is 0.324 e. The van der Waals surface area contributed by atoms with Crippen molar-refractivity contribution in [1.29, 1.82) is 0 Å². The molecule has 1 aliphatic rings. The number of rotatable bonds is 5. The summed E-state index contributed by atoms with van der Waals surface area (Å²) in [7, 11) is 0.